The standard InChI is InChI=1S/C16H27N3/c1-11(2)16-18-14-9-17-8-7-15(14)19(16)10-13-6-4-5-12(13)3/h11-13,17H,4-10H2,1-3H3. The Morgan fingerprint density at radius 2 is 2.21 bits per heavy atom. The first-order chi connectivity index (χ1) is 9.16. The lowest BCUT2D eigenvalue weighted by Gasteiger charge is -2.22. The van der Waals surface area contributed by atoms with Gasteiger partial charge in [-0.15, -0.1) is 0 Å². The predicted octanol–water partition coefficient (Wildman–Crippen LogP) is 3.09. The molecule has 106 valence electrons. The molecule has 1 aromatic rings. The first-order valence-electron chi connectivity index (χ1n) is 7.95. The number of fused-ring (bicyclic) bond motifs is 1. The molecule has 2 heterocycles. The van der Waals surface area contributed by atoms with Gasteiger partial charge in [0.05, 0.1) is 5.69 Å². The Balaban J connectivity index is 1.91. The normalized spacial score (nSPS) is 26.9. The van der Waals surface area contributed by atoms with E-state index in [9.17, 15) is 0 Å². The van der Waals surface area contributed by atoms with E-state index in [2.05, 4.69) is 30.7 Å². The van der Waals surface area contributed by atoms with Crippen LogP contribution in [0.1, 0.15) is 63.2 Å². The number of nitrogens with one attached hydrogen (secondary N) is 1. The van der Waals surface area contributed by atoms with Crippen molar-refractivity contribution in [2.75, 3.05) is 6.54 Å². The molecule has 2 aliphatic rings. The number of aromatic nitrogens is 2. The Labute approximate surface area is 116 Å². The highest BCUT2D eigenvalue weighted by atomic mass is 15.1. The van der Waals surface area contributed by atoms with E-state index < -0.39 is 0 Å². The van der Waals surface area contributed by atoms with Crippen LogP contribution in [0.5, 0.6) is 0 Å². The number of rotatable bonds is 3. The van der Waals surface area contributed by atoms with Crippen molar-refractivity contribution in [3.63, 3.8) is 0 Å². The van der Waals surface area contributed by atoms with Crippen molar-refractivity contribution < 1.29 is 0 Å². The fourth-order valence-electron chi connectivity index (χ4n) is 3.76. The van der Waals surface area contributed by atoms with E-state index in [0.717, 1.165) is 31.3 Å². The van der Waals surface area contributed by atoms with E-state index in [-0.39, 0.29) is 0 Å². The smallest absolute Gasteiger partial charge is 0.111 e. The zero-order valence-electron chi connectivity index (χ0n) is 12.6. The van der Waals surface area contributed by atoms with Crippen molar-refractivity contribution in [3.8, 4) is 0 Å². The SMILES string of the molecule is CC(C)c1nc2c(n1CC1CCCC1C)CCNC2. The molecule has 1 aliphatic carbocycles. The molecule has 2 unspecified atom stereocenters. The average molecular weight is 261 g/mol. The fraction of sp³-hybridized carbons (Fsp3) is 0.812. The Morgan fingerprint density at radius 3 is 2.89 bits per heavy atom. The second-order valence-electron chi connectivity index (χ2n) is 6.72. The molecule has 0 amide bonds. The summed E-state index contributed by atoms with van der Waals surface area (Å²) in [6, 6.07) is 0. The van der Waals surface area contributed by atoms with Crippen LogP contribution in [0.3, 0.4) is 0 Å². The molecule has 2 atom stereocenters. The molecule has 1 fully saturated rings. The van der Waals surface area contributed by atoms with Gasteiger partial charge in [0.1, 0.15) is 5.82 Å². The summed E-state index contributed by atoms with van der Waals surface area (Å²) < 4.78 is 2.58. The maximum atomic E-state index is 4.92. The van der Waals surface area contributed by atoms with E-state index in [0.29, 0.717) is 5.92 Å². The molecular weight excluding hydrogens is 234 g/mol. The van der Waals surface area contributed by atoms with Gasteiger partial charge in [0.25, 0.3) is 0 Å². The van der Waals surface area contributed by atoms with E-state index in [4.69, 9.17) is 4.98 Å². The second-order valence-corrected chi connectivity index (χ2v) is 6.72. The van der Waals surface area contributed by atoms with E-state index >= 15 is 0 Å². The molecule has 0 spiro atoms. The highest BCUT2D eigenvalue weighted by Crippen LogP contribution is 2.34. The van der Waals surface area contributed by atoms with Crippen molar-refractivity contribution in [3.05, 3.63) is 17.2 Å². The lowest BCUT2D eigenvalue weighted by atomic mass is 9.97. The Hall–Kier alpha value is -0.830. The van der Waals surface area contributed by atoms with Gasteiger partial charge >= 0.3 is 0 Å². The summed E-state index contributed by atoms with van der Waals surface area (Å²) in [7, 11) is 0. The van der Waals surface area contributed by atoms with Crippen LogP contribution in [0.25, 0.3) is 0 Å². The topological polar surface area (TPSA) is 29.9 Å². The molecule has 1 saturated carbocycles. The van der Waals surface area contributed by atoms with Gasteiger partial charge in [-0.05, 0) is 18.3 Å². The van der Waals surface area contributed by atoms with Crippen LogP contribution in [-0.2, 0) is 19.5 Å². The first-order valence-corrected chi connectivity index (χ1v) is 7.95. The van der Waals surface area contributed by atoms with Gasteiger partial charge in [-0.1, -0.05) is 33.6 Å². The fourth-order valence-corrected chi connectivity index (χ4v) is 3.76. The third-order valence-corrected chi connectivity index (χ3v) is 4.99. The minimum Gasteiger partial charge on any atom is -0.331 e. The van der Waals surface area contributed by atoms with Gasteiger partial charge in [-0.25, -0.2) is 4.98 Å². The zero-order chi connectivity index (χ0) is 13.4. The average Bonchev–Trinajstić information content (AvgIpc) is 2.95. The van der Waals surface area contributed by atoms with Gasteiger partial charge in [0.15, 0.2) is 0 Å². The van der Waals surface area contributed by atoms with Crippen LogP contribution in [0.15, 0.2) is 0 Å². The van der Waals surface area contributed by atoms with Gasteiger partial charge in [-0.2, -0.15) is 0 Å². The summed E-state index contributed by atoms with van der Waals surface area (Å²) >= 11 is 0. The molecule has 3 nitrogen and oxygen atoms in total. The van der Waals surface area contributed by atoms with Gasteiger partial charge < -0.3 is 9.88 Å². The molecule has 1 aromatic heterocycles. The van der Waals surface area contributed by atoms with Crippen molar-refractivity contribution in [2.24, 2.45) is 11.8 Å². The van der Waals surface area contributed by atoms with Gasteiger partial charge in [-0.3, -0.25) is 0 Å². The van der Waals surface area contributed by atoms with Crippen LogP contribution >= 0.6 is 0 Å². The van der Waals surface area contributed by atoms with Crippen molar-refractivity contribution in [2.45, 2.75) is 65.5 Å². The summed E-state index contributed by atoms with van der Waals surface area (Å²) in [5.41, 5.74) is 2.82. The maximum Gasteiger partial charge on any atom is 0.111 e. The summed E-state index contributed by atoms with van der Waals surface area (Å²) in [6.07, 6.45) is 5.39. The molecule has 3 rings (SSSR count). The minimum absolute atomic E-state index is 0.530. The largest absolute Gasteiger partial charge is 0.331 e. The first kappa shape index (κ1) is 13.2. The van der Waals surface area contributed by atoms with E-state index in [1.165, 1.54) is 43.0 Å². The number of hydrogen-bond acceptors (Lipinski definition) is 2. The lowest BCUT2D eigenvalue weighted by Crippen LogP contribution is -2.26. The molecule has 1 aliphatic heterocycles. The van der Waals surface area contributed by atoms with Gasteiger partial charge in [0, 0.05) is 37.7 Å². The van der Waals surface area contributed by atoms with Crippen LogP contribution in [-0.4, -0.2) is 16.1 Å². The van der Waals surface area contributed by atoms with Gasteiger partial charge in [0.2, 0.25) is 0 Å². The summed E-state index contributed by atoms with van der Waals surface area (Å²) in [5.74, 6) is 3.60. The third kappa shape index (κ3) is 2.45. The molecule has 19 heavy (non-hydrogen) atoms. The van der Waals surface area contributed by atoms with E-state index in [1.54, 1.807) is 0 Å². The number of nitrogens with zero attached hydrogens (tertiary/aromatic N) is 2. The minimum atomic E-state index is 0.530. The second kappa shape index (κ2) is 5.28. The molecular formula is C16H27N3. The van der Waals surface area contributed by atoms with E-state index in [1.807, 2.05) is 0 Å². The molecule has 0 bridgehead atoms. The van der Waals surface area contributed by atoms with Crippen molar-refractivity contribution in [1.29, 1.82) is 0 Å². The molecule has 0 aromatic carbocycles. The van der Waals surface area contributed by atoms with Crippen LogP contribution in [0, 0.1) is 11.8 Å². The van der Waals surface area contributed by atoms with Crippen LogP contribution < -0.4 is 5.32 Å². The highest BCUT2D eigenvalue weighted by molar-refractivity contribution is 5.22. The predicted molar refractivity (Wildman–Crippen MR) is 78.2 cm³/mol. The highest BCUT2D eigenvalue weighted by Gasteiger charge is 2.27. The Kier molecular flexibility index (Phi) is 3.66. The molecule has 0 saturated heterocycles. The summed E-state index contributed by atoms with van der Waals surface area (Å²) in [5, 5.41) is 3.45. The third-order valence-electron chi connectivity index (χ3n) is 4.99. The van der Waals surface area contributed by atoms with Crippen LogP contribution in [0.4, 0.5) is 0 Å². The Morgan fingerprint density at radius 1 is 1.37 bits per heavy atom. The molecule has 1 N–H and O–H groups in total. The van der Waals surface area contributed by atoms with Crippen LogP contribution in [0.2, 0.25) is 0 Å². The number of hydrogen-bond donors (Lipinski definition) is 1. The Bertz CT molecular complexity index is 447. The summed E-state index contributed by atoms with van der Waals surface area (Å²) in [6.45, 7) is 10.2. The number of imidazole rings is 1. The maximum absolute atomic E-state index is 4.92. The lowest BCUT2D eigenvalue weighted by molar-refractivity contribution is 0.351. The zero-order valence-corrected chi connectivity index (χ0v) is 12.6. The molecule has 0 radical (unpaired) electrons. The van der Waals surface area contributed by atoms with Crippen molar-refractivity contribution >= 4 is 0 Å². The molecule has 3 heteroatoms. The summed E-state index contributed by atoms with van der Waals surface area (Å²) in [4.78, 5) is 4.92. The van der Waals surface area contributed by atoms with Crippen molar-refractivity contribution in [1.82, 2.24) is 14.9 Å². The quantitative estimate of drug-likeness (QED) is 0.906. The monoisotopic (exact) mass is 261 g/mol.